The molecule has 19 heavy (non-hydrogen) atoms. The van der Waals surface area contributed by atoms with Gasteiger partial charge in [0.25, 0.3) is 0 Å². The molecule has 2 aromatic rings. The van der Waals surface area contributed by atoms with Crippen molar-refractivity contribution in [2.45, 2.75) is 13.0 Å². The summed E-state index contributed by atoms with van der Waals surface area (Å²) in [6.45, 7) is 1.21. The summed E-state index contributed by atoms with van der Waals surface area (Å²) in [5.41, 5.74) is 8.48. The quantitative estimate of drug-likeness (QED) is 0.841. The van der Waals surface area contributed by atoms with Crippen molar-refractivity contribution in [1.82, 2.24) is 0 Å². The Morgan fingerprint density at radius 3 is 2.74 bits per heavy atom. The fourth-order valence-electron chi connectivity index (χ4n) is 2.48. The fourth-order valence-corrected chi connectivity index (χ4v) is 2.48. The normalized spacial score (nSPS) is 13.7. The van der Waals surface area contributed by atoms with E-state index in [1.54, 1.807) is 18.2 Å². The number of rotatable bonds is 2. The van der Waals surface area contributed by atoms with Gasteiger partial charge in [-0.25, -0.2) is 8.78 Å². The Kier molecular flexibility index (Phi) is 2.85. The van der Waals surface area contributed by atoms with Gasteiger partial charge in [0.15, 0.2) is 0 Å². The Morgan fingerprint density at radius 1 is 1.11 bits per heavy atom. The number of hydrogen-bond donors (Lipinski definition) is 1. The minimum Gasteiger partial charge on any atom is -0.399 e. The van der Waals surface area contributed by atoms with Crippen molar-refractivity contribution in [3.8, 4) is 0 Å². The molecular weight excluding hydrogens is 246 g/mol. The van der Waals surface area contributed by atoms with Crippen LogP contribution in [0.2, 0.25) is 0 Å². The first-order chi connectivity index (χ1) is 9.13. The minimum atomic E-state index is -0.315. The number of benzene rings is 2. The van der Waals surface area contributed by atoms with Crippen molar-refractivity contribution in [1.29, 1.82) is 0 Å². The SMILES string of the molecule is Nc1ccc(CN2CCc3ccc(F)cc32)c(F)c1. The summed E-state index contributed by atoms with van der Waals surface area (Å²) in [5.74, 6) is -0.576. The molecule has 3 rings (SSSR count). The van der Waals surface area contributed by atoms with E-state index in [1.807, 2.05) is 4.90 Å². The van der Waals surface area contributed by atoms with Gasteiger partial charge in [-0.15, -0.1) is 0 Å². The molecule has 0 fully saturated rings. The van der Waals surface area contributed by atoms with Crippen molar-refractivity contribution in [3.63, 3.8) is 0 Å². The molecule has 0 saturated heterocycles. The predicted molar refractivity (Wildman–Crippen MR) is 72.0 cm³/mol. The highest BCUT2D eigenvalue weighted by atomic mass is 19.1. The van der Waals surface area contributed by atoms with E-state index in [4.69, 9.17) is 5.73 Å². The lowest BCUT2D eigenvalue weighted by atomic mass is 10.1. The second-order valence-corrected chi connectivity index (χ2v) is 4.80. The first-order valence-corrected chi connectivity index (χ1v) is 6.21. The Morgan fingerprint density at radius 2 is 1.95 bits per heavy atom. The summed E-state index contributed by atoms with van der Waals surface area (Å²) in [6, 6.07) is 9.45. The van der Waals surface area contributed by atoms with Gasteiger partial charge in [0.05, 0.1) is 0 Å². The van der Waals surface area contributed by atoms with E-state index in [0.717, 1.165) is 24.2 Å². The first kappa shape index (κ1) is 12.0. The van der Waals surface area contributed by atoms with Gasteiger partial charge in [0.2, 0.25) is 0 Å². The van der Waals surface area contributed by atoms with Crippen molar-refractivity contribution < 1.29 is 8.78 Å². The molecule has 0 radical (unpaired) electrons. The number of halogens is 2. The number of nitrogens with zero attached hydrogens (tertiary/aromatic N) is 1. The fraction of sp³-hybridized carbons (Fsp3) is 0.200. The second-order valence-electron chi connectivity index (χ2n) is 4.80. The van der Waals surface area contributed by atoms with Gasteiger partial charge in [0, 0.05) is 30.0 Å². The maximum Gasteiger partial charge on any atom is 0.130 e. The molecule has 0 atom stereocenters. The van der Waals surface area contributed by atoms with Crippen LogP contribution in [0.4, 0.5) is 20.2 Å². The van der Waals surface area contributed by atoms with Gasteiger partial charge in [-0.05, 0) is 36.2 Å². The third kappa shape index (κ3) is 2.26. The van der Waals surface area contributed by atoms with Crippen molar-refractivity contribution >= 4 is 11.4 Å². The maximum absolute atomic E-state index is 13.8. The van der Waals surface area contributed by atoms with Crippen LogP contribution >= 0.6 is 0 Å². The molecule has 2 nitrogen and oxygen atoms in total. The van der Waals surface area contributed by atoms with Crippen molar-refractivity contribution in [2.24, 2.45) is 0 Å². The first-order valence-electron chi connectivity index (χ1n) is 6.21. The van der Waals surface area contributed by atoms with Gasteiger partial charge in [-0.3, -0.25) is 0 Å². The highest BCUT2D eigenvalue weighted by Crippen LogP contribution is 2.30. The van der Waals surface area contributed by atoms with Gasteiger partial charge >= 0.3 is 0 Å². The van der Waals surface area contributed by atoms with Crippen LogP contribution < -0.4 is 10.6 Å². The summed E-state index contributed by atoms with van der Waals surface area (Å²) in [6.07, 6.45) is 0.867. The molecule has 0 saturated carbocycles. The van der Waals surface area contributed by atoms with E-state index in [-0.39, 0.29) is 11.6 Å². The van der Waals surface area contributed by atoms with E-state index in [2.05, 4.69) is 0 Å². The average molecular weight is 260 g/mol. The molecule has 1 heterocycles. The molecule has 1 aliphatic heterocycles. The van der Waals surface area contributed by atoms with Crippen LogP contribution in [0.1, 0.15) is 11.1 Å². The Hall–Kier alpha value is -2.10. The summed E-state index contributed by atoms with van der Waals surface area (Å²) in [4.78, 5) is 1.99. The van der Waals surface area contributed by atoms with Crippen LogP contribution in [0, 0.1) is 11.6 Å². The highest BCUT2D eigenvalue weighted by Gasteiger charge is 2.20. The lowest BCUT2D eigenvalue weighted by molar-refractivity contribution is 0.606. The summed E-state index contributed by atoms with van der Waals surface area (Å²) >= 11 is 0. The number of nitrogen functional groups attached to an aromatic ring is 1. The van der Waals surface area contributed by atoms with E-state index in [1.165, 1.54) is 18.2 Å². The van der Waals surface area contributed by atoms with Gasteiger partial charge < -0.3 is 10.6 Å². The Labute approximate surface area is 110 Å². The summed E-state index contributed by atoms with van der Waals surface area (Å²) in [7, 11) is 0. The topological polar surface area (TPSA) is 29.3 Å². The predicted octanol–water partition coefficient (Wildman–Crippen LogP) is 3.11. The number of fused-ring (bicyclic) bond motifs is 1. The van der Waals surface area contributed by atoms with Crippen LogP contribution in [-0.2, 0) is 13.0 Å². The molecular formula is C15H14F2N2. The summed E-state index contributed by atoms with van der Waals surface area (Å²) < 4.78 is 27.1. The molecule has 1 aliphatic rings. The zero-order valence-electron chi connectivity index (χ0n) is 10.4. The van der Waals surface area contributed by atoms with Crippen LogP contribution in [0.25, 0.3) is 0 Å². The van der Waals surface area contributed by atoms with Crippen LogP contribution in [0.3, 0.4) is 0 Å². The molecule has 0 aromatic heterocycles. The smallest absolute Gasteiger partial charge is 0.130 e. The largest absolute Gasteiger partial charge is 0.399 e. The van der Waals surface area contributed by atoms with Crippen molar-refractivity contribution in [3.05, 3.63) is 59.2 Å². The van der Waals surface area contributed by atoms with Crippen LogP contribution in [0.15, 0.2) is 36.4 Å². The van der Waals surface area contributed by atoms with E-state index in [0.29, 0.717) is 17.8 Å². The molecule has 0 bridgehead atoms. The molecule has 4 heteroatoms. The highest BCUT2D eigenvalue weighted by molar-refractivity contribution is 5.58. The Balaban J connectivity index is 1.88. The van der Waals surface area contributed by atoms with E-state index < -0.39 is 0 Å². The van der Waals surface area contributed by atoms with Gasteiger partial charge in [-0.1, -0.05) is 12.1 Å². The molecule has 2 aromatic carbocycles. The average Bonchev–Trinajstić information content (AvgIpc) is 2.75. The molecule has 2 N–H and O–H groups in total. The maximum atomic E-state index is 13.8. The monoisotopic (exact) mass is 260 g/mol. The zero-order valence-corrected chi connectivity index (χ0v) is 10.4. The third-order valence-corrected chi connectivity index (χ3v) is 3.48. The lowest BCUT2D eigenvalue weighted by Crippen LogP contribution is -2.20. The number of anilines is 2. The standard InChI is InChI=1S/C15H14F2N2/c16-12-3-1-10-5-6-19(15(10)7-12)9-11-2-4-13(18)8-14(11)17/h1-4,7-8H,5-6,9,18H2. The van der Waals surface area contributed by atoms with Gasteiger partial charge in [-0.2, -0.15) is 0 Å². The Bertz CT molecular complexity index is 626. The van der Waals surface area contributed by atoms with E-state index in [9.17, 15) is 8.78 Å². The molecule has 0 aliphatic carbocycles. The second kappa shape index (κ2) is 4.53. The number of hydrogen-bond acceptors (Lipinski definition) is 2. The molecule has 0 unspecified atom stereocenters. The summed E-state index contributed by atoms with van der Waals surface area (Å²) in [5, 5.41) is 0. The van der Waals surface area contributed by atoms with Gasteiger partial charge in [0.1, 0.15) is 11.6 Å². The van der Waals surface area contributed by atoms with Crippen LogP contribution in [-0.4, -0.2) is 6.54 Å². The lowest BCUT2D eigenvalue weighted by Gasteiger charge is -2.20. The number of nitrogens with two attached hydrogens (primary N) is 1. The minimum absolute atomic E-state index is 0.261. The molecule has 0 spiro atoms. The third-order valence-electron chi connectivity index (χ3n) is 3.48. The molecule has 98 valence electrons. The van der Waals surface area contributed by atoms with Crippen LogP contribution in [0.5, 0.6) is 0 Å². The van der Waals surface area contributed by atoms with Crippen molar-refractivity contribution in [2.75, 3.05) is 17.2 Å². The zero-order chi connectivity index (χ0) is 13.4. The van der Waals surface area contributed by atoms with E-state index >= 15 is 0 Å². The molecule has 0 amide bonds.